The van der Waals surface area contributed by atoms with Crippen molar-refractivity contribution in [2.45, 2.75) is 31.7 Å². The molecule has 1 heterocycles. The number of carbonyl (C=O) groups excluding carboxylic acids is 1. The summed E-state index contributed by atoms with van der Waals surface area (Å²) in [7, 11) is 2.47. The quantitative estimate of drug-likeness (QED) is 0.608. The van der Waals surface area contributed by atoms with Crippen molar-refractivity contribution in [3.8, 4) is 5.75 Å². The zero-order valence-electron chi connectivity index (χ0n) is 14.7. The number of nitrogens with zero attached hydrogens (tertiary/aromatic N) is 2. The molecule has 0 spiro atoms. The topological polar surface area (TPSA) is 52.2 Å². The van der Waals surface area contributed by atoms with Gasteiger partial charge in [-0.05, 0) is 25.8 Å². The molecule has 0 saturated heterocycles. The second-order valence-electron chi connectivity index (χ2n) is 6.35. The maximum absolute atomic E-state index is 14.3. The first-order chi connectivity index (χ1) is 12.4. The van der Waals surface area contributed by atoms with Crippen LogP contribution in [-0.4, -0.2) is 31.9 Å². The number of allylic oxidation sites excluding steroid dienone is 1. The Kier molecular flexibility index (Phi) is 4.77. The summed E-state index contributed by atoms with van der Waals surface area (Å²) in [6, 6.07) is 1.50. The molecule has 2 atom stereocenters. The van der Waals surface area contributed by atoms with E-state index in [1.54, 1.807) is 6.92 Å². The molecule has 0 bridgehead atoms. The molecule has 2 unspecified atom stereocenters. The van der Waals surface area contributed by atoms with Crippen LogP contribution in [0.5, 0.6) is 5.75 Å². The van der Waals surface area contributed by atoms with Crippen LogP contribution in [0.3, 0.4) is 0 Å². The molecule has 0 N–H and O–H groups in total. The fourth-order valence-corrected chi connectivity index (χ4v) is 3.38. The highest BCUT2D eigenvalue weighted by atomic mass is 19.2. The zero-order valence-corrected chi connectivity index (χ0v) is 14.7. The molecule has 0 aromatic heterocycles. The predicted molar refractivity (Wildman–Crippen MR) is 90.9 cm³/mol. The fraction of sp³-hybridized carbons (Fsp3) is 0.421. The lowest BCUT2D eigenvalue weighted by atomic mass is 9.79. The SMILES string of the molecule is [C-]#[N+]C1C(C)=NC(C2CC2)=C(C(=O)OC)C1c1ccc(F)c(F)c1OC. The number of methoxy groups -OCH3 is 2. The summed E-state index contributed by atoms with van der Waals surface area (Å²) in [4.78, 5) is 20.6. The minimum absolute atomic E-state index is 0.115. The minimum Gasteiger partial charge on any atom is -0.493 e. The summed E-state index contributed by atoms with van der Waals surface area (Å²) in [5.41, 5.74) is 1.57. The largest absolute Gasteiger partial charge is 0.493 e. The summed E-state index contributed by atoms with van der Waals surface area (Å²) < 4.78 is 38.0. The fourth-order valence-electron chi connectivity index (χ4n) is 3.38. The van der Waals surface area contributed by atoms with E-state index in [1.807, 2.05) is 0 Å². The molecular weight excluding hydrogens is 342 g/mol. The third kappa shape index (κ3) is 2.85. The van der Waals surface area contributed by atoms with E-state index in [4.69, 9.17) is 16.0 Å². The lowest BCUT2D eigenvalue weighted by Gasteiger charge is -2.28. The highest BCUT2D eigenvalue weighted by Crippen LogP contribution is 2.48. The molecule has 1 aromatic rings. The summed E-state index contributed by atoms with van der Waals surface area (Å²) in [5.74, 6) is -3.85. The maximum atomic E-state index is 14.3. The second-order valence-corrected chi connectivity index (χ2v) is 6.35. The van der Waals surface area contributed by atoms with Gasteiger partial charge in [0.2, 0.25) is 5.82 Å². The van der Waals surface area contributed by atoms with E-state index in [0.29, 0.717) is 11.4 Å². The van der Waals surface area contributed by atoms with Gasteiger partial charge in [0.25, 0.3) is 6.04 Å². The van der Waals surface area contributed by atoms with Crippen LogP contribution in [0.2, 0.25) is 0 Å². The van der Waals surface area contributed by atoms with E-state index in [-0.39, 0.29) is 22.8 Å². The molecule has 26 heavy (non-hydrogen) atoms. The second kappa shape index (κ2) is 6.87. The summed E-state index contributed by atoms with van der Waals surface area (Å²) in [6.45, 7) is 9.28. The molecular formula is C19H18F2N2O3. The van der Waals surface area contributed by atoms with Gasteiger partial charge in [0.15, 0.2) is 11.6 Å². The Morgan fingerprint density at radius 2 is 2.00 bits per heavy atom. The molecule has 0 amide bonds. The van der Waals surface area contributed by atoms with Crippen molar-refractivity contribution in [1.29, 1.82) is 0 Å². The number of halogens is 2. The lowest BCUT2D eigenvalue weighted by Crippen LogP contribution is -2.33. The maximum Gasteiger partial charge on any atom is 0.336 e. The normalized spacial score (nSPS) is 22.5. The number of rotatable bonds is 4. The van der Waals surface area contributed by atoms with Crippen molar-refractivity contribution >= 4 is 11.7 Å². The zero-order chi connectivity index (χ0) is 19.0. The highest BCUT2D eigenvalue weighted by Gasteiger charge is 2.47. The Balaban J connectivity index is 2.28. The highest BCUT2D eigenvalue weighted by molar-refractivity contribution is 6.00. The number of ether oxygens (including phenoxy) is 2. The number of aliphatic imine (C=N–C) groups is 1. The molecule has 7 heteroatoms. The van der Waals surface area contributed by atoms with Crippen LogP contribution < -0.4 is 4.74 Å². The van der Waals surface area contributed by atoms with Gasteiger partial charge in [0.1, 0.15) is 5.92 Å². The Morgan fingerprint density at radius 3 is 2.54 bits per heavy atom. The smallest absolute Gasteiger partial charge is 0.336 e. The van der Waals surface area contributed by atoms with E-state index in [2.05, 4.69) is 9.84 Å². The van der Waals surface area contributed by atoms with E-state index in [0.717, 1.165) is 18.9 Å². The molecule has 3 rings (SSSR count). The van der Waals surface area contributed by atoms with Gasteiger partial charge in [-0.15, -0.1) is 0 Å². The summed E-state index contributed by atoms with van der Waals surface area (Å²) in [6.07, 6.45) is 1.77. The van der Waals surface area contributed by atoms with Crippen LogP contribution in [0.4, 0.5) is 8.78 Å². The summed E-state index contributed by atoms with van der Waals surface area (Å²) >= 11 is 0. The van der Waals surface area contributed by atoms with Crippen LogP contribution in [-0.2, 0) is 9.53 Å². The van der Waals surface area contributed by atoms with Crippen molar-refractivity contribution in [3.63, 3.8) is 0 Å². The predicted octanol–water partition coefficient (Wildman–Crippen LogP) is 3.66. The number of hydrogen-bond donors (Lipinski definition) is 0. The van der Waals surface area contributed by atoms with E-state index >= 15 is 0 Å². The van der Waals surface area contributed by atoms with Crippen molar-refractivity contribution in [1.82, 2.24) is 0 Å². The van der Waals surface area contributed by atoms with Crippen LogP contribution in [0.1, 0.15) is 31.2 Å². The monoisotopic (exact) mass is 360 g/mol. The standard InChI is InChI=1S/C19H18F2N2O3/c1-9-16(22-2)13(11-7-8-12(20)15(21)18(11)25-3)14(19(24)26-4)17(23-9)10-5-6-10/h7-8,10,13,16H,5-6H2,1,3-4H3. The van der Waals surface area contributed by atoms with E-state index < -0.39 is 29.6 Å². The van der Waals surface area contributed by atoms with Crippen LogP contribution in [0.25, 0.3) is 4.85 Å². The lowest BCUT2D eigenvalue weighted by molar-refractivity contribution is -0.136. The molecule has 1 aliphatic heterocycles. The van der Waals surface area contributed by atoms with Gasteiger partial charge in [-0.25, -0.2) is 15.8 Å². The third-order valence-electron chi connectivity index (χ3n) is 4.76. The van der Waals surface area contributed by atoms with Crippen molar-refractivity contribution in [3.05, 3.63) is 52.0 Å². The molecule has 1 aliphatic carbocycles. The molecule has 1 saturated carbocycles. The number of esters is 1. The van der Waals surface area contributed by atoms with Crippen molar-refractivity contribution in [2.75, 3.05) is 14.2 Å². The first kappa shape index (κ1) is 18.1. The van der Waals surface area contributed by atoms with Gasteiger partial charge in [-0.2, -0.15) is 4.39 Å². The van der Waals surface area contributed by atoms with Crippen LogP contribution >= 0.6 is 0 Å². The average Bonchev–Trinajstić information content (AvgIpc) is 3.47. The van der Waals surface area contributed by atoms with Gasteiger partial charge in [-0.3, -0.25) is 4.99 Å². The van der Waals surface area contributed by atoms with Crippen molar-refractivity contribution in [2.24, 2.45) is 10.9 Å². The Morgan fingerprint density at radius 1 is 1.31 bits per heavy atom. The first-order valence-electron chi connectivity index (χ1n) is 8.20. The van der Waals surface area contributed by atoms with E-state index in [1.165, 1.54) is 20.3 Å². The molecule has 1 fully saturated rings. The molecule has 1 aromatic carbocycles. The molecule has 2 aliphatic rings. The van der Waals surface area contributed by atoms with E-state index in [9.17, 15) is 13.6 Å². The van der Waals surface area contributed by atoms with Crippen molar-refractivity contribution < 1.29 is 23.0 Å². The Hall–Kier alpha value is -2.75. The van der Waals surface area contributed by atoms with Crippen LogP contribution in [0.15, 0.2) is 28.4 Å². The van der Waals surface area contributed by atoms with Gasteiger partial charge < -0.3 is 14.3 Å². The first-order valence-corrected chi connectivity index (χ1v) is 8.20. The molecule has 5 nitrogen and oxygen atoms in total. The summed E-state index contributed by atoms with van der Waals surface area (Å²) in [5, 5.41) is 0. The Bertz CT molecular complexity index is 866. The van der Waals surface area contributed by atoms with Gasteiger partial charge in [-0.1, -0.05) is 6.07 Å². The van der Waals surface area contributed by atoms with Gasteiger partial charge in [0.05, 0.1) is 31.2 Å². The van der Waals surface area contributed by atoms with Gasteiger partial charge in [0, 0.05) is 11.5 Å². The number of benzene rings is 1. The van der Waals surface area contributed by atoms with Crippen LogP contribution in [0, 0.1) is 24.1 Å². The molecule has 0 radical (unpaired) electrons. The molecule has 136 valence electrons. The van der Waals surface area contributed by atoms with Gasteiger partial charge >= 0.3 is 5.97 Å². The third-order valence-corrected chi connectivity index (χ3v) is 4.76. The Labute approximate surface area is 150 Å². The minimum atomic E-state index is -1.15. The average molecular weight is 360 g/mol. The number of hydrogen-bond acceptors (Lipinski definition) is 4. The number of carbonyl (C=O) groups is 1.